The fraction of sp³-hybridized carbons (Fsp3) is 0.933. The van der Waals surface area contributed by atoms with Gasteiger partial charge in [-0.15, -0.1) is 0 Å². The predicted octanol–water partition coefficient (Wildman–Crippen LogP) is 3.25. The molecule has 3 heteroatoms. The maximum absolute atomic E-state index is 9.29. The average Bonchev–Trinajstić information content (AvgIpc) is 2.78. The fourth-order valence-electron chi connectivity index (χ4n) is 2.89. The maximum Gasteiger partial charge on any atom is 0.106 e. The zero-order chi connectivity index (χ0) is 13.6. The minimum Gasteiger partial charge on any atom is -0.378 e. The second-order valence-corrected chi connectivity index (χ2v) is 6.24. The lowest BCUT2D eigenvalue weighted by atomic mass is 9.95. The first-order valence-electron chi connectivity index (χ1n) is 7.26. The van der Waals surface area contributed by atoms with E-state index in [9.17, 15) is 5.26 Å². The Labute approximate surface area is 112 Å². The number of nitrogens with zero attached hydrogens (tertiary/aromatic N) is 1. The van der Waals surface area contributed by atoms with Crippen LogP contribution >= 0.6 is 0 Å². The third-order valence-electron chi connectivity index (χ3n) is 3.64. The third-order valence-corrected chi connectivity index (χ3v) is 3.64. The van der Waals surface area contributed by atoms with Crippen LogP contribution in [-0.2, 0) is 4.74 Å². The van der Waals surface area contributed by atoms with Crippen molar-refractivity contribution in [1.29, 1.82) is 5.26 Å². The Kier molecular flexibility index (Phi) is 6.11. The van der Waals surface area contributed by atoms with Crippen LogP contribution in [0, 0.1) is 17.2 Å². The van der Waals surface area contributed by atoms with Crippen molar-refractivity contribution in [3.63, 3.8) is 0 Å². The van der Waals surface area contributed by atoms with Crippen LogP contribution in [-0.4, -0.2) is 24.3 Å². The second-order valence-electron chi connectivity index (χ2n) is 6.24. The summed E-state index contributed by atoms with van der Waals surface area (Å²) in [6.45, 7) is 9.04. The van der Waals surface area contributed by atoms with Crippen LogP contribution in [0.4, 0.5) is 0 Å². The van der Waals surface area contributed by atoms with Crippen molar-refractivity contribution in [2.45, 2.75) is 77.5 Å². The zero-order valence-electron chi connectivity index (χ0n) is 12.3. The Hall–Kier alpha value is -0.590. The SMILES string of the molecule is CC(C)NC(C)(C#N)CC(C)OCC1CCCC1. The highest BCUT2D eigenvalue weighted by molar-refractivity contribution is 5.05. The van der Waals surface area contributed by atoms with E-state index >= 15 is 0 Å². The highest BCUT2D eigenvalue weighted by Crippen LogP contribution is 2.25. The summed E-state index contributed by atoms with van der Waals surface area (Å²) in [5.41, 5.74) is -0.483. The van der Waals surface area contributed by atoms with E-state index in [-0.39, 0.29) is 6.10 Å². The molecule has 18 heavy (non-hydrogen) atoms. The van der Waals surface area contributed by atoms with Gasteiger partial charge in [0.05, 0.1) is 12.2 Å². The molecule has 0 aromatic rings. The lowest BCUT2D eigenvalue weighted by molar-refractivity contribution is 0.0254. The minimum absolute atomic E-state index is 0.140. The lowest BCUT2D eigenvalue weighted by Crippen LogP contribution is -2.47. The molecular weight excluding hydrogens is 224 g/mol. The Bertz CT molecular complexity index is 279. The number of hydrogen-bond acceptors (Lipinski definition) is 3. The van der Waals surface area contributed by atoms with Crippen molar-refractivity contribution in [3.05, 3.63) is 0 Å². The van der Waals surface area contributed by atoms with Gasteiger partial charge in [0, 0.05) is 19.1 Å². The van der Waals surface area contributed by atoms with Crippen LogP contribution in [0.5, 0.6) is 0 Å². The lowest BCUT2D eigenvalue weighted by Gasteiger charge is -2.29. The van der Waals surface area contributed by atoms with E-state index in [2.05, 4.69) is 32.2 Å². The molecule has 1 N–H and O–H groups in total. The number of ether oxygens (including phenoxy) is 1. The van der Waals surface area contributed by atoms with Gasteiger partial charge in [-0.2, -0.15) is 5.26 Å². The van der Waals surface area contributed by atoms with Gasteiger partial charge in [0.25, 0.3) is 0 Å². The fourth-order valence-corrected chi connectivity index (χ4v) is 2.89. The van der Waals surface area contributed by atoms with Gasteiger partial charge in [0.2, 0.25) is 0 Å². The van der Waals surface area contributed by atoms with Crippen LogP contribution in [0.25, 0.3) is 0 Å². The molecule has 0 amide bonds. The molecule has 2 atom stereocenters. The van der Waals surface area contributed by atoms with E-state index in [1.807, 2.05) is 6.92 Å². The Morgan fingerprint density at radius 3 is 2.44 bits per heavy atom. The van der Waals surface area contributed by atoms with Crippen molar-refractivity contribution in [1.82, 2.24) is 5.32 Å². The molecule has 3 nitrogen and oxygen atoms in total. The van der Waals surface area contributed by atoms with Gasteiger partial charge in [-0.25, -0.2) is 0 Å². The molecule has 0 saturated heterocycles. The van der Waals surface area contributed by atoms with Crippen LogP contribution in [0.2, 0.25) is 0 Å². The number of nitriles is 1. The largest absolute Gasteiger partial charge is 0.378 e. The summed E-state index contributed by atoms with van der Waals surface area (Å²) in [4.78, 5) is 0. The molecule has 1 saturated carbocycles. The molecule has 0 radical (unpaired) electrons. The summed E-state index contributed by atoms with van der Waals surface area (Å²) in [5.74, 6) is 0.749. The highest BCUT2D eigenvalue weighted by Gasteiger charge is 2.27. The monoisotopic (exact) mass is 252 g/mol. The molecular formula is C15H28N2O. The predicted molar refractivity (Wildman–Crippen MR) is 74.3 cm³/mol. The first-order valence-corrected chi connectivity index (χ1v) is 7.26. The summed E-state index contributed by atoms with van der Waals surface area (Å²) in [6, 6.07) is 2.69. The van der Waals surface area contributed by atoms with E-state index in [4.69, 9.17) is 4.74 Å². The van der Waals surface area contributed by atoms with Crippen molar-refractivity contribution >= 4 is 0 Å². The number of nitrogens with one attached hydrogen (secondary N) is 1. The Morgan fingerprint density at radius 2 is 1.94 bits per heavy atom. The molecule has 1 aliphatic rings. The number of rotatable bonds is 7. The van der Waals surface area contributed by atoms with Crippen molar-refractivity contribution in [2.75, 3.05) is 6.61 Å². The van der Waals surface area contributed by atoms with Gasteiger partial charge in [-0.05, 0) is 46.5 Å². The summed E-state index contributed by atoms with van der Waals surface area (Å²) in [6.07, 6.45) is 6.22. The highest BCUT2D eigenvalue weighted by atomic mass is 16.5. The normalized spacial score (nSPS) is 21.8. The van der Waals surface area contributed by atoms with Crippen LogP contribution < -0.4 is 5.32 Å². The molecule has 0 heterocycles. The van der Waals surface area contributed by atoms with Crippen molar-refractivity contribution < 1.29 is 4.74 Å². The van der Waals surface area contributed by atoms with Gasteiger partial charge in [-0.3, -0.25) is 5.32 Å². The topological polar surface area (TPSA) is 45.0 Å². The Balaban J connectivity index is 2.32. The maximum atomic E-state index is 9.29. The van der Waals surface area contributed by atoms with Gasteiger partial charge in [-0.1, -0.05) is 12.8 Å². The molecule has 1 aliphatic carbocycles. The zero-order valence-corrected chi connectivity index (χ0v) is 12.3. The van der Waals surface area contributed by atoms with Crippen LogP contribution in [0.3, 0.4) is 0 Å². The van der Waals surface area contributed by atoms with Gasteiger partial charge < -0.3 is 4.74 Å². The van der Waals surface area contributed by atoms with Crippen LogP contribution in [0.1, 0.15) is 59.8 Å². The van der Waals surface area contributed by atoms with Crippen molar-refractivity contribution in [3.8, 4) is 6.07 Å². The van der Waals surface area contributed by atoms with Gasteiger partial charge in [0.1, 0.15) is 5.54 Å². The van der Waals surface area contributed by atoms with E-state index in [0.717, 1.165) is 18.9 Å². The molecule has 104 valence electrons. The van der Waals surface area contributed by atoms with Gasteiger partial charge >= 0.3 is 0 Å². The molecule has 1 rings (SSSR count). The first-order chi connectivity index (χ1) is 8.45. The van der Waals surface area contributed by atoms with E-state index in [0.29, 0.717) is 6.04 Å². The van der Waals surface area contributed by atoms with E-state index < -0.39 is 5.54 Å². The molecule has 0 bridgehead atoms. The molecule has 0 aromatic carbocycles. The van der Waals surface area contributed by atoms with E-state index in [1.165, 1.54) is 25.7 Å². The van der Waals surface area contributed by atoms with Crippen molar-refractivity contribution in [2.24, 2.45) is 5.92 Å². The Morgan fingerprint density at radius 1 is 1.33 bits per heavy atom. The second kappa shape index (κ2) is 7.11. The first kappa shape index (κ1) is 15.5. The van der Waals surface area contributed by atoms with E-state index in [1.54, 1.807) is 0 Å². The molecule has 0 spiro atoms. The average molecular weight is 252 g/mol. The summed E-state index contributed by atoms with van der Waals surface area (Å²) in [7, 11) is 0. The molecule has 0 aliphatic heterocycles. The summed E-state index contributed by atoms with van der Waals surface area (Å²) in [5, 5.41) is 12.6. The molecule has 0 aromatic heterocycles. The summed E-state index contributed by atoms with van der Waals surface area (Å²) >= 11 is 0. The quantitative estimate of drug-likeness (QED) is 0.756. The minimum atomic E-state index is -0.483. The smallest absolute Gasteiger partial charge is 0.106 e. The summed E-state index contributed by atoms with van der Waals surface area (Å²) < 4.78 is 5.91. The molecule has 1 fully saturated rings. The molecule has 2 unspecified atom stereocenters. The standard InChI is InChI=1S/C15H28N2O/c1-12(2)17-15(4,11-16)9-13(3)18-10-14-7-5-6-8-14/h12-14,17H,5-10H2,1-4H3. The number of hydrogen-bond donors (Lipinski definition) is 1. The van der Waals surface area contributed by atoms with Crippen LogP contribution in [0.15, 0.2) is 0 Å². The van der Waals surface area contributed by atoms with Gasteiger partial charge in [0.15, 0.2) is 0 Å². The third kappa shape index (κ3) is 5.37.